The van der Waals surface area contributed by atoms with E-state index in [0.717, 1.165) is 44.7 Å². The number of pyridine rings is 2. The number of rotatable bonds is 4. The number of hydrogen-bond donors (Lipinski definition) is 0. The van der Waals surface area contributed by atoms with Gasteiger partial charge in [-0.25, -0.2) is 9.97 Å². The minimum absolute atomic E-state index is 0.959. The summed E-state index contributed by atoms with van der Waals surface area (Å²) in [5, 5.41) is 3.56. The maximum atomic E-state index is 5.15. The lowest BCUT2D eigenvalue weighted by Gasteiger charge is -2.14. The number of hydrogen-bond acceptors (Lipinski definition) is 2. The fourth-order valence-corrected chi connectivity index (χ4v) is 5.25. The quantitative estimate of drug-likeness (QED) is 0.233. The smallest absolute Gasteiger partial charge is 0.0788 e. The maximum Gasteiger partial charge on any atom is 0.0788 e. The van der Waals surface area contributed by atoms with Crippen LogP contribution >= 0.6 is 0 Å². The number of para-hydroxylation sites is 1. The molecular weight excluding hydrogens is 460 g/mol. The van der Waals surface area contributed by atoms with Gasteiger partial charge in [0, 0.05) is 32.8 Å². The van der Waals surface area contributed by atoms with Gasteiger partial charge in [0.25, 0.3) is 0 Å². The Balaban J connectivity index is 1.36. The van der Waals surface area contributed by atoms with Gasteiger partial charge in [0.1, 0.15) is 0 Å². The maximum absolute atomic E-state index is 5.15. The van der Waals surface area contributed by atoms with Crippen molar-refractivity contribution in [3.05, 3.63) is 146 Å². The molecule has 7 aromatic rings. The molecule has 7 rings (SSSR count). The molecule has 0 saturated carbocycles. The van der Waals surface area contributed by atoms with Crippen LogP contribution in [0.3, 0.4) is 0 Å². The average Bonchev–Trinajstić information content (AvgIpc) is 3.01. The van der Waals surface area contributed by atoms with Crippen LogP contribution in [-0.2, 0) is 0 Å². The summed E-state index contributed by atoms with van der Waals surface area (Å²) in [6.45, 7) is 0. The van der Waals surface area contributed by atoms with Gasteiger partial charge in [0.2, 0.25) is 0 Å². The number of aromatic nitrogens is 2. The summed E-state index contributed by atoms with van der Waals surface area (Å²) in [5.74, 6) is 0. The predicted molar refractivity (Wildman–Crippen MR) is 159 cm³/mol. The first-order valence-electron chi connectivity index (χ1n) is 12.9. The van der Waals surface area contributed by atoms with E-state index in [1.165, 1.54) is 21.9 Å². The van der Waals surface area contributed by atoms with Gasteiger partial charge in [-0.3, -0.25) is 0 Å². The van der Waals surface area contributed by atoms with Crippen molar-refractivity contribution in [2.45, 2.75) is 0 Å². The van der Waals surface area contributed by atoms with Gasteiger partial charge in [-0.1, -0.05) is 127 Å². The first kappa shape index (κ1) is 22.1. The van der Waals surface area contributed by atoms with Crippen LogP contribution in [0.25, 0.3) is 66.6 Å². The van der Waals surface area contributed by atoms with E-state index in [-0.39, 0.29) is 0 Å². The van der Waals surface area contributed by atoms with E-state index in [4.69, 9.17) is 9.97 Å². The average molecular weight is 485 g/mol. The van der Waals surface area contributed by atoms with Gasteiger partial charge in [-0.05, 0) is 29.3 Å². The molecule has 0 spiro atoms. The lowest BCUT2D eigenvalue weighted by molar-refractivity contribution is 1.32. The molecular formula is C36H24N2. The topological polar surface area (TPSA) is 25.8 Å². The lowest BCUT2D eigenvalue weighted by atomic mass is 9.93. The Morgan fingerprint density at radius 2 is 0.895 bits per heavy atom. The fourth-order valence-electron chi connectivity index (χ4n) is 5.25. The third kappa shape index (κ3) is 3.93. The Morgan fingerprint density at radius 3 is 1.63 bits per heavy atom. The molecule has 2 heterocycles. The molecule has 0 amide bonds. The monoisotopic (exact) mass is 484 g/mol. The van der Waals surface area contributed by atoms with E-state index >= 15 is 0 Å². The highest BCUT2D eigenvalue weighted by molar-refractivity contribution is 6.17. The zero-order valence-electron chi connectivity index (χ0n) is 20.8. The van der Waals surface area contributed by atoms with Gasteiger partial charge in [-0.15, -0.1) is 0 Å². The van der Waals surface area contributed by atoms with Crippen LogP contribution in [0.15, 0.2) is 146 Å². The molecule has 0 N–H and O–H groups in total. The molecule has 38 heavy (non-hydrogen) atoms. The molecule has 0 aliphatic heterocycles. The van der Waals surface area contributed by atoms with Crippen LogP contribution in [0.1, 0.15) is 0 Å². The van der Waals surface area contributed by atoms with E-state index in [0.29, 0.717) is 0 Å². The normalized spacial score (nSPS) is 11.2. The molecule has 2 heteroatoms. The predicted octanol–water partition coefficient (Wildman–Crippen LogP) is 9.45. The minimum atomic E-state index is 0.959. The third-order valence-electron chi connectivity index (χ3n) is 7.08. The van der Waals surface area contributed by atoms with Crippen molar-refractivity contribution in [2.75, 3.05) is 0 Å². The highest BCUT2D eigenvalue weighted by Crippen LogP contribution is 2.38. The van der Waals surface area contributed by atoms with Crippen LogP contribution in [0.4, 0.5) is 0 Å². The molecule has 0 saturated heterocycles. The summed E-state index contributed by atoms with van der Waals surface area (Å²) in [4.78, 5) is 10.1. The molecule has 0 atom stereocenters. The van der Waals surface area contributed by atoms with Crippen LogP contribution in [0.5, 0.6) is 0 Å². The van der Waals surface area contributed by atoms with Crippen LogP contribution in [0.2, 0.25) is 0 Å². The first-order valence-corrected chi connectivity index (χ1v) is 12.9. The summed E-state index contributed by atoms with van der Waals surface area (Å²) < 4.78 is 0. The summed E-state index contributed by atoms with van der Waals surface area (Å²) in [5.41, 5.74) is 9.65. The van der Waals surface area contributed by atoms with Crippen molar-refractivity contribution in [1.82, 2.24) is 9.97 Å². The lowest BCUT2D eigenvalue weighted by Crippen LogP contribution is -1.92. The second-order valence-corrected chi connectivity index (χ2v) is 9.42. The van der Waals surface area contributed by atoms with E-state index in [1.54, 1.807) is 0 Å². The first-order chi connectivity index (χ1) is 18.8. The Hall–Kier alpha value is -5.08. The molecule has 0 bridgehead atoms. The van der Waals surface area contributed by atoms with Gasteiger partial charge >= 0.3 is 0 Å². The zero-order chi connectivity index (χ0) is 25.3. The SMILES string of the molecule is c1ccc(-c2cccc(-c3ccc(-c4nc5ccccc5c5c(-c6ccccc6)cccc45)cc3)n2)cc1. The largest absolute Gasteiger partial charge is 0.248 e. The number of benzene rings is 5. The van der Waals surface area contributed by atoms with Crippen LogP contribution in [0, 0.1) is 0 Å². The van der Waals surface area contributed by atoms with E-state index in [1.807, 2.05) is 18.2 Å². The Bertz CT molecular complexity index is 1890. The van der Waals surface area contributed by atoms with Crippen molar-refractivity contribution < 1.29 is 0 Å². The number of fused-ring (bicyclic) bond motifs is 3. The van der Waals surface area contributed by atoms with E-state index in [9.17, 15) is 0 Å². The molecule has 178 valence electrons. The highest BCUT2D eigenvalue weighted by atomic mass is 14.7. The minimum Gasteiger partial charge on any atom is -0.248 e. The summed E-state index contributed by atoms with van der Waals surface area (Å²) in [6.07, 6.45) is 0. The van der Waals surface area contributed by atoms with Crippen molar-refractivity contribution in [3.8, 4) is 44.9 Å². The van der Waals surface area contributed by atoms with Crippen molar-refractivity contribution >= 4 is 21.7 Å². The molecule has 0 radical (unpaired) electrons. The standard InChI is InChI=1S/C36H24N2/c1-3-11-25(12-4-1)29-16-9-17-31-35(29)30-15-7-8-18-34(30)38-36(31)28-23-21-27(22-24-28)33-20-10-19-32(37-33)26-13-5-2-6-14-26/h1-24H. The molecule has 0 unspecified atom stereocenters. The molecule has 2 nitrogen and oxygen atoms in total. The Morgan fingerprint density at radius 1 is 0.342 bits per heavy atom. The molecule has 2 aromatic heterocycles. The van der Waals surface area contributed by atoms with Gasteiger partial charge in [-0.2, -0.15) is 0 Å². The third-order valence-corrected chi connectivity index (χ3v) is 7.08. The van der Waals surface area contributed by atoms with Gasteiger partial charge in [0.05, 0.1) is 22.6 Å². The summed E-state index contributed by atoms with van der Waals surface area (Å²) >= 11 is 0. The van der Waals surface area contributed by atoms with Crippen molar-refractivity contribution in [2.24, 2.45) is 0 Å². The van der Waals surface area contributed by atoms with Gasteiger partial charge < -0.3 is 0 Å². The molecule has 0 aliphatic carbocycles. The van der Waals surface area contributed by atoms with Crippen LogP contribution < -0.4 is 0 Å². The van der Waals surface area contributed by atoms with E-state index < -0.39 is 0 Å². The fraction of sp³-hybridized carbons (Fsp3) is 0. The molecule has 0 fully saturated rings. The second kappa shape index (κ2) is 9.42. The Labute approximate surface area is 221 Å². The van der Waals surface area contributed by atoms with Crippen LogP contribution in [-0.4, -0.2) is 9.97 Å². The van der Waals surface area contributed by atoms with Gasteiger partial charge in [0.15, 0.2) is 0 Å². The molecule has 5 aromatic carbocycles. The van der Waals surface area contributed by atoms with Crippen molar-refractivity contribution in [1.29, 1.82) is 0 Å². The Kier molecular flexibility index (Phi) is 5.49. The van der Waals surface area contributed by atoms with E-state index in [2.05, 4.69) is 127 Å². The summed E-state index contributed by atoms with van der Waals surface area (Å²) in [7, 11) is 0. The second-order valence-electron chi connectivity index (χ2n) is 9.42. The number of nitrogens with zero attached hydrogens (tertiary/aromatic N) is 2. The summed E-state index contributed by atoms with van der Waals surface area (Å²) in [6, 6.07) is 50.7. The molecule has 0 aliphatic rings. The highest BCUT2D eigenvalue weighted by Gasteiger charge is 2.14. The zero-order valence-corrected chi connectivity index (χ0v) is 20.8. The van der Waals surface area contributed by atoms with Crippen molar-refractivity contribution in [3.63, 3.8) is 0 Å².